The van der Waals surface area contributed by atoms with E-state index in [1.54, 1.807) is 0 Å². The molecule has 1 N–H and O–H groups in total. The molecule has 20 heavy (non-hydrogen) atoms. The van der Waals surface area contributed by atoms with Gasteiger partial charge in [-0.1, -0.05) is 74.6 Å². The van der Waals surface area contributed by atoms with Crippen molar-refractivity contribution in [1.82, 2.24) is 0 Å². The van der Waals surface area contributed by atoms with Crippen molar-refractivity contribution in [3.8, 4) is 0 Å². The van der Waals surface area contributed by atoms with E-state index in [0.29, 0.717) is 12.8 Å². The van der Waals surface area contributed by atoms with Gasteiger partial charge >= 0.3 is 0 Å². The predicted molar refractivity (Wildman–Crippen MR) is 89.8 cm³/mol. The number of allylic oxidation sites excluding steroid dienone is 4. The standard InChI is InChI=1S/C17H22O.C2H6/c1-3-4-5-6-7-11-14-17(2,18)15-16-12-9-8-10-13-16;1-2/h3,5-13,18H,1,4,14-15H2,2H3;1-2H3/b6-5-,11-7-;. The van der Waals surface area contributed by atoms with Gasteiger partial charge in [0.25, 0.3) is 0 Å². The number of aliphatic hydroxyl groups is 1. The highest BCUT2D eigenvalue weighted by molar-refractivity contribution is 5.17. The lowest BCUT2D eigenvalue weighted by Crippen LogP contribution is -2.26. The van der Waals surface area contributed by atoms with Gasteiger partial charge in [-0.05, 0) is 25.3 Å². The molecular formula is C19H28O. The Morgan fingerprint density at radius 1 is 1.10 bits per heavy atom. The summed E-state index contributed by atoms with van der Waals surface area (Å²) in [6.07, 6.45) is 12.1. The Balaban J connectivity index is 0.00000172. The quantitative estimate of drug-likeness (QED) is 0.542. The molecule has 0 aliphatic carbocycles. The van der Waals surface area contributed by atoms with E-state index in [-0.39, 0.29) is 0 Å². The van der Waals surface area contributed by atoms with E-state index in [1.165, 1.54) is 0 Å². The van der Waals surface area contributed by atoms with Crippen molar-refractivity contribution in [1.29, 1.82) is 0 Å². The van der Waals surface area contributed by atoms with Crippen molar-refractivity contribution in [3.05, 3.63) is 72.9 Å². The average Bonchev–Trinajstić information content (AvgIpc) is 2.45. The minimum absolute atomic E-state index is 0.653. The van der Waals surface area contributed by atoms with Gasteiger partial charge in [0, 0.05) is 6.42 Å². The first-order chi connectivity index (χ1) is 9.64. The SMILES string of the molecule is C=CC/C=C\C=C/CC(C)(O)Cc1ccccc1.CC. The van der Waals surface area contributed by atoms with Gasteiger partial charge in [0.05, 0.1) is 5.60 Å². The fourth-order valence-electron chi connectivity index (χ4n) is 1.76. The summed E-state index contributed by atoms with van der Waals surface area (Å²) in [6.45, 7) is 9.52. The number of hydrogen-bond acceptors (Lipinski definition) is 1. The molecule has 1 aromatic carbocycles. The second kappa shape index (κ2) is 11.2. The minimum Gasteiger partial charge on any atom is -0.390 e. The molecule has 1 rings (SSSR count). The first-order valence-corrected chi connectivity index (χ1v) is 7.33. The monoisotopic (exact) mass is 272 g/mol. The zero-order chi connectivity index (χ0) is 15.3. The van der Waals surface area contributed by atoms with Crippen LogP contribution in [0.2, 0.25) is 0 Å². The molecule has 110 valence electrons. The van der Waals surface area contributed by atoms with Crippen molar-refractivity contribution in [3.63, 3.8) is 0 Å². The molecule has 0 amide bonds. The third-order valence-electron chi connectivity index (χ3n) is 2.67. The van der Waals surface area contributed by atoms with Crippen molar-refractivity contribution in [2.75, 3.05) is 0 Å². The summed E-state index contributed by atoms with van der Waals surface area (Å²) in [6, 6.07) is 10.1. The lowest BCUT2D eigenvalue weighted by molar-refractivity contribution is 0.0636. The van der Waals surface area contributed by atoms with Crippen LogP contribution in [0.5, 0.6) is 0 Å². The van der Waals surface area contributed by atoms with Crippen LogP contribution in [0.4, 0.5) is 0 Å². The summed E-state index contributed by atoms with van der Waals surface area (Å²) in [4.78, 5) is 0. The smallest absolute Gasteiger partial charge is 0.0694 e. The van der Waals surface area contributed by atoms with Crippen molar-refractivity contribution < 1.29 is 5.11 Å². The van der Waals surface area contributed by atoms with Gasteiger partial charge in [0.2, 0.25) is 0 Å². The van der Waals surface area contributed by atoms with E-state index < -0.39 is 5.60 Å². The second-order valence-corrected chi connectivity index (χ2v) is 4.74. The van der Waals surface area contributed by atoms with E-state index in [2.05, 4.69) is 6.58 Å². The molecule has 1 aromatic rings. The Morgan fingerprint density at radius 2 is 1.70 bits per heavy atom. The van der Waals surface area contributed by atoms with Gasteiger partial charge in [-0.2, -0.15) is 0 Å². The summed E-state index contributed by atoms with van der Waals surface area (Å²) >= 11 is 0. The van der Waals surface area contributed by atoms with Gasteiger partial charge in [-0.15, -0.1) is 6.58 Å². The number of rotatable bonds is 7. The molecule has 1 atom stereocenters. The Kier molecular flexibility index (Phi) is 10.3. The zero-order valence-corrected chi connectivity index (χ0v) is 13.0. The van der Waals surface area contributed by atoms with Crippen LogP contribution in [0, 0.1) is 0 Å². The lowest BCUT2D eigenvalue weighted by Gasteiger charge is -2.21. The summed E-state index contributed by atoms with van der Waals surface area (Å²) < 4.78 is 0. The van der Waals surface area contributed by atoms with Crippen LogP contribution in [0.3, 0.4) is 0 Å². The van der Waals surface area contributed by atoms with Crippen molar-refractivity contribution >= 4 is 0 Å². The summed E-state index contributed by atoms with van der Waals surface area (Å²) in [7, 11) is 0. The summed E-state index contributed by atoms with van der Waals surface area (Å²) in [5.74, 6) is 0. The molecular weight excluding hydrogens is 244 g/mol. The lowest BCUT2D eigenvalue weighted by atomic mass is 9.93. The maximum atomic E-state index is 10.3. The predicted octanol–water partition coefficient (Wildman–Crippen LogP) is 5.08. The Morgan fingerprint density at radius 3 is 2.30 bits per heavy atom. The first-order valence-electron chi connectivity index (χ1n) is 7.33. The highest BCUT2D eigenvalue weighted by Gasteiger charge is 2.18. The van der Waals surface area contributed by atoms with Gasteiger partial charge in [-0.3, -0.25) is 0 Å². The molecule has 0 fully saturated rings. The van der Waals surface area contributed by atoms with Crippen LogP contribution in [0.15, 0.2) is 67.3 Å². The zero-order valence-electron chi connectivity index (χ0n) is 13.0. The van der Waals surface area contributed by atoms with Crippen molar-refractivity contribution in [2.45, 2.75) is 45.6 Å². The maximum absolute atomic E-state index is 10.3. The molecule has 0 saturated heterocycles. The molecule has 0 aliphatic rings. The second-order valence-electron chi connectivity index (χ2n) is 4.74. The van der Waals surface area contributed by atoms with Crippen LogP contribution in [0.1, 0.15) is 39.2 Å². The third-order valence-corrected chi connectivity index (χ3v) is 2.67. The highest BCUT2D eigenvalue weighted by atomic mass is 16.3. The molecule has 0 saturated carbocycles. The first kappa shape index (κ1) is 18.4. The average molecular weight is 272 g/mol. The van der Waals surface area contributed by atoms with E-state index in [9.17, 15) is 5.11 Å². The molecule has 1 unspecified atom stereocenters. The molecule has 0 spiro atoms. The van der Waals surface area contributed by atoms with Crippen LogP contribution in [0.25, 0.3) is 0 Å². The topological polar surface area (TPSA) is 20.2 Å². The summed E-state index contributed by atoms with van der Waals surface area (Å²) in [5.41, 5.74) is 0.475. The largest absolute Gasteiger partial charge is 0.390 e. The van der Waals surface area contributed by atoms with Crippen LogP contribution in [-0.4, -0.2) is 10.7 Å². The Bertz CT molecular complexity index is 399. The van der Waals surface area contributed by atoms with Gasteiger partial charge < -0.3 is 5.11 Å². The number of benzene rings is 1. The molecule has 0 aromatic heterocycles. The molecule has 0 heterocycles. The van der Waals surface area contributed by atoms with E-state index in [1.807, 2.05) is 81.5 Å². The van der Waals surface area contributed by atoms with Crippen LogP contribution < -0.4 is 0 Å². The Labute approximate surface area is 124 Å². The van der Waals surface area contributed by atoms with Gasteiger partial charge in [0.15, 0.2) is 0 Å². The molecule has 1 heteroatoms. The molecule has 0 radical (unpaired) electrons. The van der Waals surface area contributed by atoms with Crippen molar-refractivity contribution in [2.24, 2.45) is 0 Å². The van der Waals surface area contributed by atoms with Crippen LogP contribution >= 0.6 is 0 Å². The Hall–Kier alpha value is -1.60. The normalized spacial score (nSPS) is 13.8. The number of hydrogen-bond donors (Lipinski definition) is 1. The minimum atomic E-state index is -0.690. The molecule has 1 nitrogen and oxygen atoms in total. The van der Waals surface area contributed by atoms with Gasteiger partial charge in [-0.25, -0.2) is 0 Å². The third kappa shape index (κ3) is 9.35. The van der Waals surface area contributed by atoms with E-state index in [0.717, 1.165) is 12.0 Å². The fraction of sp³-hybridized carbons (Fsp3) is 0.368. The van der Waals surface area contributed by atoms with Crippen LogP contribution in [-0.2, 0) is 6.42 Å². The molecule has 0 aliphatic heterocycles. The molecule has 0 bridgehead atoms. The van der Waals surface area contributed by atoms with Gasteiger partial charge in [0.1, 0.15) is 0 Å². The fourth-order valence-corrected chi connectivity index (χ4v) is 1.76. The summed E-state index contributed by atoms with van der Waals surface area (Å²) in [5, 5.41) is 10.3. The highest BCUT2D eigenvalue weighted by Crippen LogP contribution is 2.17. The van der Waals surface area contributed by atoms with E-state index in [4.69, 9.17) is 0 Å². The van der Waals surface area contributed by atoms with E-state index >= 15 is 0 Å². The maximum Gasteiger partial charge on any atom is 0.0694 e.